The van der Waals surface area contributed by atoms with Crippen LogP contribution in [0.25, 0.3) is 11.3 Å². The minimum atomic E-state index is -1.43. The van der Waals surface area contributed by atoms with Gasteiger partial charge in [0.1, 0.15) is 29.7 Å². The molecule has 0 aliphatic carbocycles. The van der Waals surface area contributed by atoms with Crippen LogP contribution in [0, 0.1) is 23.5 Å². The lowest BCUT2D eigenvalue weighted by atomic mass is 9.86. The molecular formula is C37H41F3N6O5. The van der Waals surface area contributed by atoms with Crippen LogP contribution in [0.3, 0.4) is 0 Å². The Morgan fingerprint density at radius 1 is 1.04 bits per heavy atom. The minimum Gasteiger partial charge on any atom is -0.384 e. The highest BCUT2D eigenvalue weighted by Gasteiger charge is 2.42. The molecule has 1 aromatic heterocycles. The van der Waals surface area contributed by atoms with Gasteiger partial charge in [-0.15, -0.1) is 0 Å². The third kappa shape index (κ3) is 8.07. The van der Waals surface area contributed by atoms with Crippen molar-refractivity contribution in [3.8, 4) is 11.3 Å². The highest BCUT2D eigenvalue weighted by molar-refractivity contribution is 6.13. The molecule has 0 radical (unpaired) electrons. The highest BCUT2D eigenvalue weighted by atomic mass is 19.1. The van der Waals surface area contributed by atoms with Crippen molar-refractivity contribution in [1.82, 2.24) is 29.6 Å². The number of benzene rings is 2. The number of amides is 4. The van der Waals surface area contributed by atoms with Crippen molar-refractivity contribution in [2.75, 3.05) is 39.3 Å². The molecule has 2 saturated heterocycles. The van der Waals surface area contributed by atoms with Crippen LogP contribution in [-0.2, 0) is 25.7 Å². The average molecular weight is 707 g/mol. The van der Waals surface area contributed by atoms with E-state index in [1.807, 2.05) is 30.3 Å². The zero-order chi connectivity index (χ0) is 36.2. The van der Waals surface area contributed by atoms with Crippen molar-refractivity contribution in [3.05, 3.63) is 89.9 Å². The second-order valence-electron chi connectivity index (χ2n) is 13.4. The fourth-order valence-corrected chi connectivity index (χ4v) is 7.20. The van der Waals surface area contributed by atoms with Crippen molar-refractivity contribution in [2.45, 2.75) is 51.0 Å². The summed E-state index contributed by atoms with van der Waals surface area (Å²) < 4.78 is 46.5. The molecule has 270 valence electrons. The van der Waals surface area contributed by atoms with Gasteiger partial charge >= 0.3 is 0 Å². The topological polar surface area (TPSA) is 128 Å². The van der Waals surface area contributed by atoms with E-state index in [2.05, 4.69) is 5.32 Å². The lowest BCUT2D eigenvalue weighted by Crippen LogP contribution is -2.50. The van der Waals surface area contributed by atoms with Gasteiger partial charge in [0.2, 0.25) is 5.91 Å². The number of alkyl halides is 1. The molecule has 3 aromatic rings. The average Bonchev–Trinajstić information content (AvgIpc) is 3.82. The monoisotopic (exact) mass is 706 g/mol. The number of imide groups is 1. The van der Waals surface area contributed by atoms with E-state index in [9.17, 15) is 28.7 Å². The molecule has 0 saturated carbocycles. The number of likely N-dealkylation sites (tertiary alicyclic amines) is 1. The van der Waals surface area contributed by atoms with Gasteiger partial charge < -0.3 is 24.8 Å². The summed E-state index contributed by atoms with van der Waals surface area (Å²) in [5, 5.41) is 13.7. The molecule has 4 heterocycles. The first-order valence-electron chi connectivity index (χ1n) is 17.2. The third-order valence-corrected chi connectivity index (χ3v) is 9.93. The SMILES string of the molecule is CC(O)C(=O)N(CC1CNCC1F)C(c1nc(-c2cc(F)ccc2F)cn1Cc1ccccc1)C1CCN(C(=O)CCN2C(=O)C=CC2=O)CC1. The van der Waals surface area contributed by atoms with Crippen LogP contribution in [0.2, 0.25) is 0 Å². The summed E-state index contributed by atoms with van der Waals surface area (Å²) in [5.74, 6) is -3.67. The molecular weight excluding hydrogens is 665 g/mol. The summed E-state index contributed by atoms with van der Waals surface area (Å²) in [4.78, 5) is 60.1. The number of nitrogens with zero attached hydrogens (tertiary/aromatic N) is 5. The van der Waals surface area contributed by atoms with Crippen LogP contribution in [0.4, 0.5) is 13.2 Å². The number of hydrogen-bond acceptors (Lipinski definition) is 7. The normalized spacial score (nSPS) is 20.6. The molecule has 2 fully saturated rings. The number of hydrogen-bond donors (Lipinski definition) is 2. The van der Waals surface area contributed by atoms with Crippen molar-refractivity contribution in [1.29, 1.82) is 0 Å². The molecule has 4 amide bonds. The van der Waals surface area contributed by atoms with Gasteiger partial charge in [-0.25, -0.2) is 18.2 Å². The number of halogens is 3. The Balaban J connectivity index is 1.36. The van der Waals surface area contributed by atoms with Crippen LogP contribution >= 0.6 is 0 Å². The largest absolute Gasteiger partial charge is 0.384 e. The lowest BCUT2D eigenvalue weighted by Gasteiger charge is -2.42. The smallest absolute Gasteiger partial charge is 0.253 e. The summed E-state index contributed by atoms with van der Waals surface area (Å²) in [6.07, 6.45) is 2.03. The number of aliphatic hydroxyl groups is 1. The second-order valence-corrected chi connectivity index (χ2v) is 13.4. The maximum atomic E-state index is 15.2. The van der Waals surface area contributed by atoms with E-state index in [1.54, 1.807) is 15.7 Å². The number of aliphatic hydroxyl groups excluding tert-OH is 1. The van der Waals surface area contributed by atoms with Gasteiger partial charge in [-0.3, -0.25) is 24.1 Å². The number of nitrogens with one attached hydrogen (secondary N) is 1. The molecule has 4 unspecified atom stereocenters. The molecule has 0 spiro atoms. The minimum absolute atomic E-state index is 0.0322. The molecule has 14 heteroatoms. The number of piperidine rings is 1. The van der Waals surface area contributed by atoms with E-state index < -0.39 is 53.6 Å². The number of carbonyl (C=O) groups excluding carboxylic acids is 4. The van der Waals surface area contributed by atoms with E-state index in [4.69, 9.17) is 4.98 Å². The van der Waals surface area contributed by atoms with Gasteiger partial charge in [-0.2, -0.15) is 0 Å². The summed E-state index contributed by atoms with van der Waals surface area (Å²) in [6.45, 7) is 2.57. The predicted molar refractivity (Wildman–Crippen MR) is 180 cm³/mol. The highest BCUT2D eigenvalue weighted by Crippen LogP contribution is 2.39. The van der Waals surface area contributed by atoms with E-state index in [-0.39, 0.29) is 55.7 Å². The Morgan fingerprint density at radius 3 is 2.39 bits per heavy atom. The quantitative estimate of drug-likeness (QED) is 0.277. The molecule has 3 aliphatic heterocycles. The molecule has 2 N–H and O–H groups in total. The molecule has 4 atom stereocenters. The molecule has 0 bridgehead atoms. The van der Waals surface area contributed by atoms with Gasteiger partial charge in [-0.1, -0.05) is 30.3 Å². The zero-order valence-corrected chi connectivity index (χ0v) is 28.3. The predicted octanol–water partition coefficient (Wildman–Crippen LogP) is 3.24. The van der Waals surface area contributed by atoms with Crippen molar-refractivity contribution >= 4 is 23.6 Å². The second kappa shape index (κ2) is 15.6. The van der Waals surface area contributed by atoms with E-state index in [0.717, 1.165) is 28.7 Å². The van der Waals surface area contributed by atoms with E-state index in [1.165, 1.54) is 24.0 Å². The third-order valence-electron chi connectivity index (χ3n) is 9.93. The van der Waals surface area contributed by atoms with E-state index >= 15 is 8.78 Å². The molecule has 2 aromatic carbocycles. The summed E-state index contributed by atoms with van der Waals surface area (Å²) in [7, 11) is 0. The first-order chi connectivity index (χ1) is 24.5. The zero-order valence-electron chi connectivity index (χ0n) is 28.3. The maximum Gasteiger partial charge on any atom is 0.253 e. The van der Waals surface area contributed by atoms with Gasteiger partial charge in [0, 0.05) is 82.1 Å². The van der Waals surface area contributed by atoms with Crippen LogP contribution in [0.15, 0.2) is 66.9 Å². The van der Waals surface area contributed by atoms with Gasteiger partial charge in [0.05, 0.1) is 11.7 Å². The Kier molecular flexibility index (Phi) is 11.0. The van der Waals surface area contributed by atoms with Crippen LogP contribution in [-0.4, -0.2) is 105 Å². The van der Waals surface area contributed by atoms with Crippen LogP contribution in [0.1, 0.15) is 43.6 Å². The van der Waals surface area contributed by atoms with Crippen molar-refractivity contribution < 1.29 is 37.5 Å². The summed E-state index contributed by atoms with van der Waals surface area (Å²) >= 11 is 0. The standard InChI is InChI=1S/C37H41F3N6O5/c1-23(47)37(51)46(21-26-18-41-19-30(26)40)35(25-11-14-43(15-12-25)32(48)13-16-45-33(49)9-10-34(45)50)36-42-31(28-17-27(38)7-8-29(28)39)22-44(36)20-24-5-3-2-4-6-24/h2-10,17,22-23,25-26,30,35,41,47H,11-16,18-21H2,1H3. The number of aromatic nitrogens is 2. The molecule has 6 rings (SSSR count). The molecule has 11 nitrogen and oxygen atoms in total. The Hall–Kier alpha value is -4.82. The fraction of sp³-hybridized carbons (Fsp3) is 0.432. The number of rotatable bonds is 12. The summed E-state index contributed by atoms with van der Waals surface area (Å²) in [5.41, 5.74) is 0.958. The Labute approximate surface area is 293 Å². The van der Waals surface area contributed by atoms with Crippen molar-refractivity contribution in [2.24, 2.45) is 11.8 Å². The van der Waals surface area contributed by atoms with Crippen LogP contribution < -0.4 is 5.32 Å². The van der Waals surface area contributed by atoms with Gasteiger partial charge in [-0.05, 0) is 49.4 Å². The molecule has 3 aliphatic rings. The van der Waals surface area contributed by atoms with Gasteiger partial charge in [0.25, 0.3) is 17.7 Å². The van der Waals surface area contributed by atoms with Gasteiger partial charge in [0.15, 0.2) is 0 Å². The van der Waals surface area contributed by atoms with Crippen molar-refractivity contribution in [3.63, 3.8) is 0 Å². The van der Waals surface area contributed by atoms with Crippen LogP contribution in [0.5, 0.6) is 0 Å². The fourth-order valence-electron chi connectivity index (χ4n) is 7.20. The summed E-state index contributed by atoms with van der Waals surface area (Å²) in [6, 6.07) is 11.7. The Morgan fingerprint density at radius 2 is 1.75 bits per heavy atom. The number of carbonyl (C=O) groups is 4. The Bertz CT molecular complexity index is 1770. The first kappa shape index (κ1) is 36.0. The molecule has 51 heavy (non-hydrogen) atoms. The first-order valence-corrected chi connectivity index (χ1v) is 17.2. The number of imidazole rings is 1. The lowest BCUT2D eigenvalue weighted by molar-refractivity contribution is -0.146. The van der Waals surface area contributed by atoms with E-state index in [0.29, 0.717) is 38.3 Å². The maximum absolute atomic E-state index is 15.2.